The van der Waals surface area contributed by atoms with Gasteiger partial charge in [0.1, 0.15) is 11.5 Å². The van der Waals surface area contributed by atoms with Crippen LogP contribution in [0.25, 0.3) is 0 Å². The molecule has 2 N–H and O–H groups in total. The Hall–Kier alpha value is -2.50. The molecule has 6 nitrogen and oxygen atoms in total. The third-order valence-corrected chi connectivity index (χ3v) is 2.36. The molecule has 0 aliphatic carbocycles. The molecule has 0 fully saturated rings. The van der Waals surface area contributed by atoms with E-state index in [1.165, 1.54) is 17.3 Å². The van der Waals surface area contributed by atoms with Gasteiger partial charge in [-0.1, -0.05) is 6.07 Å². The summed E-state index contributed by atoms with van der Waals surface area (Å²) < 4.78 is 0. The highest BCUT2D eigenvalue weighted by molar-refractivity contribution is 5.91. The standard InChI is InChI=1S/C12H13N5O/c1-17(8-9-4-2-3-5-14-9)12(18)10-6-16-11(13)7-15-10/h2-7H,8H2,1H3,(H2,13,16). The van der Waals surface area contributed by atoms with Crippen LogP contribution in [-0.2, 0) is 6.54 Å². The van der Waals surface area contributed by atoms with Gasteiger partial charge in [0.15, 0.2) is 0 Å². The lowest BCUT2D eigenvalue weighted by atomic mass is 10.3. The van der Waals surface area contributed by atoms with Gasteiger partial charge >= 0.3 is 0 Å². The van der Waals surface area contributed by atoms with Crippen molar-refractivity contribution in [2.45, 2.75) is 6.54 Å². The van der Waals surface area contributed by atoms with Gasteiger partial charge in [-0.05, 0) is 12.1 Å². The molecule has 0 radical (unpaired) electrons. The maximum atomic E-state index is 12.0. The minimum atomic E-state index is -0.215. The molecule has 0 bridgehead atoms. The van der Waals surface area contributed by atoms with Crippen molar-refractivity contribution in [1.82, 2.24) is 19.9 Å². The van der Waals surface area contributed by atoms with E-state index in [9.17, 15) is 4.79 Å². The summed E-state index contributed by atoms with van der Waals surface area (Å²) in [5.74, 6) is 0.0760. The molecule has 0 aliphatic rings. The number of hydrogen-bond donors (Lipinski definition) is 1. The lowest BCUT2D eigenvalue weighted by Crippen LogP contribution is -2.27. The maximum Gasteiger partial charge on any atom is 0.274 e. The highest BCUT2D eigenvalue weighted by atomic mass is 16.2. The molecule has 2 rings (SSSR count). The van der Waals surface area contributed by atoms with Crippen molar-refractivity contribution in [1.29, 1.82) is 0 Å². The number of rotatable bonds is 3. The number of nitrogens with two attached hydrogens (primary N) is 1. The van der Waals surface area contributed by atoms with Gasteiger partial charge in [-0.15, -0.1) is 0 Å². The van der Waals surface area contributed by atoms with Gasteiger partial charge < -0.3 is 10.6 Å². The molecule has 0 aromatic carbocycles. The fourth-order valence-electron chi connectivity index (χ4n) is 1.45. The van der Waals surface area contributed by atoms with Crippen molar-refractivity contribution in [3.63, 3.8) is 0 Å². The Morgan fingerprint density at radius 2 is 2.11 bits per heavy atom. The molecule has 18 heavy (non-hydrogen) atoms. The van der Waals surface area contributed by atoms with Crippen LogP contribution >= 0.6 is 0 Å². The van der Waals surface area contributed by atoms with Gasteiger partial charge in [-0.3, -0.25) is 9.78 Å². The van der Waals surface area contributed by atoms with Crippen LogP contribution in [0.3, 0.4) is 0 Å². The van der Waals surface area contributed by atoms with Crippen LogP contribution < -0.4 is 5.73 Å². The predicted octanol–water partition coefficient (Wildman–Crippen LogP) is 0.726. The summed E-state index contributed by atoms with van der Waals surface area (Å²) in [4.78, 5) is 25.5. The van der Waals surface area contributed by atoms with Gasteiger partial charge in [-0.25, -0.2) is 9.97 Å². The molecule has 0 atom stereocenters. The van der Waals surface area contributed by atoms with E-state index in [1.54, 1.807) is 13.2 Å². The summed E-state index contributed by atoms with van der Waals surface area (Å²) in [5.41, 5.74) is 6.50. The first-order chi connectivity index (χ1) is 8.66. The van der Waals surface area contributed by atoms with Crippen molar-refractivity contribution < 1.29 is 4.79 Å². The second kappa shape index (κ2) is 5.22. The van der Waals surface area contributed by atoms with Crippen LogP contribution in [0.4, 0.5) is 5.82 Å². The number of nitrogen functional groups attached to an aromatic ring is 1. The molecule has 0 spiro atoms. The van der Waals surface area contributed by atoms with E-state index >= 15 is 0 Å². The van der Waals surface area contributed by atoms with Gasteiger partial charge in [0.05, 0.1) is 24.6 Å². The normalized spacial score (nSPS) is 10.1. The van der Waals surface area contributed by atoms with Crippen LogP contribution in [0.15, 0.2) is 36.8 Å². The summed E-state index contributed by atoms with van der Waals surface area (Å²) in [7, 11) is 1.69. The Morgan fingerprint density at radius 1 is 1.28 bits per heavy atom. The molecule has 92 valence electrons. The first-order valence-corrected chi connectivity index (χ1v) is 5.39. The molecule has 0 saturated carbocycles. The largest absolute Gasteiger partial charge is 0.382 e. The van der Waals surface area contributed by atoms with Gasteiger partial charge in [0.2, 0.25) is 0 Å². The number of amides is 1. The second-order valence-corrected chi connectivity index (χ2v) is 3.81. The lowest BCUT2D eigenvalue weighted by molar-refractivity contribution is 0.0777. The number of anilines is 1. The summed E-state index contributed by atoms with van der Waals surface area (Å²) in [6.07, 6.45) is 4.42. The minimum Gasteiger partial charge on any atom is -0.382 e. The molecule has 2 aromatic heterocycles. The lowest BCUT2D eigenvalue weighted by Gasteiger charge is -2.15. The number of aromatic nitrogens is 3. The second-order valence-electron chi connectivity index (χ2n) is 3.81. The first-order valence-electron chi connectivity index (χ1n) is 5.39. The van der Waals surface area contributed by atoms with E-state index in [0.717, 1.165) is 5.69 Å². The van der Waals surface area contributed by atoms with Gasteiger partial charge in [0.25, 0.3) is 5.91 Å². The third kappa shape index (κ3) is 2.79. The zero-order valence-electron chi connectivity index (χ0n) is 9.95. The number of carbonyl (C=O) groups excluding carboxylic acids is 1. The number of hydrogen-bond acceptors (Lipinski definition) is 5. The molecular formula is C12H13N5O. The Kier molecular flexibility index (Phi) is 3.47. The molecule has 0 aliphatic heterocycles. The predicted molar refractivity (Wildman–Crippen MR) is 66.5 cm³/mol. The van der Waals surface area contributed by atoms with Crippen molar-refractivity contribution in [2.24, 2.45) is 0 Å². The van der Waals surface area contributed by atoms with E-state index in [0.29, 0.717) is 12.4 Å². The molecule has 0 unspecified atom stereocenters. The summed E-state index contributed by atoms with van der Waals surface area (Å²) >= 11 is 0. The van der Waals surface area contributed by atoms with E-state index in [2.05, 4.69) is 15.0 Å². The smallest absolute Gasteiger partial charge is 0.274 e. The zero-order chi connectivity index (χ0) is 13.0. The average Bonchev–Trinajstić information content (AvgIpc) is 2.40. The highest BCUT2D eigenvalue weighted by Crippen LogP contribution is 2.04. The van der Waals surface area contributed by atoms with Gasteiger partial charge in [0, 0.05) is 13.2 Å². The maximum absolute atomic E-state index is 12.0. The fraction of sp³-hybridized carbons (Fsp3) is 0.167. The van der Waals surface area contributed by atoms with Crippen LogP contribution in [0, 0.1) is 0 Å². The van der Waals surface area contributed by atoms with Crippen LogP contribution in [0.1, 0.15) is 16.2 Å². The minimum absolute atomic E-state index is 0.215. The summed E-state index contributed by atoms with van der Waals surface area (Å²) in [5, 5.41) is 0. The molecule has 2 aromatic rings. The molecule has 6 heteroatoms. The summed E-state index contributed by atoms with van der Waals surface area (Å²) in [6.45, 7) is 0.422. The Labute approximate surface area is 105 Å². The molecular weight excluding hydrogens is 230 g/mol. The van der Waals surface area contributed by atoms with E-state index in [4.69, 9.17) is 5.73 Å². The van der Waals surface area contributed by atoms with Crippen molar-refractivity contribution in [2.75, 3.05) is 12.8 Å². The van der Waals surface area contributed by atoms with Crippen molar-refractivity contribution >= 4 is 11.7 Å². The Morgan fingerprint density at radius 3 is 2.72 bits per heavy atom. The number of nitrogens with zero attached hydrogens (tertiary/aromatic N) is 4. The third-order valence-electron chi connectivity index (χ3n) is 2.36. The monoisotopic (exact) mass is 243 g/mol. The van der Waals surface area contributed by atoms with Crippen LogP contribution in [0.5, 0.6) is 0 Å². The molecule has 1 amide bonds. The topological polar surface area (TPSA) is 85.0 Å². The van der Waals surface area contributed by atoms with Crippen LogP contribution in [0.2, 0.25) is 0 Å². The zero-order valence-corrected chi connectivity index (χ0v) is 9.95. The SMILES string of the molecule is CN(Cc1ccccn1)C(=O)c1cnc(N)cn1. The fourth-order valence-corrected chi connectivity index (χ4v) is 1.45. The highest BCUT2D eigenvalue weighted by Gasteiger charge is 2.14. The van der Waals surface area contributed by atoms with Crippen molar-refractivity contribution in [3.8, 4) is 0 Å². The van der Waals surface area contributed by atoms with Crippen molar-refractivity contribution in [3.05, 3.63) is 48.2 Å². The quantitative estimate of drug-likeness (QED) is 0.858. The van der Waals surface area contributed by atoms with E-state index in [-0.39, 0.29) is 11.6 Å². The van der Waals surface area contributed by atoms with E-state index in [1.807, 2.05) is 18.2 Å². The average molecular weight is 243 g/mol. The Balaban J connectivity index is 2.07. The molecule has 2 heterocycles. The van der Waals surface area contributed by atoms with Crippen LogP contribution in [-0.4, -0.2) is 32.8 Å². The first kappa shape index (κ1) is 12.0. The number of pyridine rings is 1. The van der Waals surface area contributed by atoms with E-state index < -0.39 is 0 Å². The molecule has 0 saturated heterocycles. The van der Waals surface area contributed by atoms with Gasteiger partial charge in [-0.2, -0.15) is 0 Å². The summed E-state index contributed by atoms with van der Waals surface area (Å²) in [6, 6.07) is 5.57. The number of carbonyl (C=O) groups is 1. The Bertz CT molecular complexity index is 526.